The zero-order chi connectivity index (χ0) is 46.3. The number of likely N-dealkylation sites (N-methyl/N-ethyl adjacent to an activating group) is 1. The first-order valence-electron chi connectivity index (χ1n) is 25.4. The summed E-state index contributed by atoms with van der Waals surface area (Å²) in [6.45, 7) is 4.58. The lowest BCUT2D eigenvalue weighted by molar-refractivity contribution is -0.870. The summed E-state index contributed by atoms with van der Waals surface area (Å²) in [6.07, 6.45) is 53.0. The van der Waals surface area contributed by atoms with Crippen LogP contribution >= 0.6 is 0 Å². The van der Waals surface area contributed by atoms with Gasteiger partial charge in [-0.15, -0.1) is 0 Å². The summed E-state index contributed by atoms with van der Waals surface area (Å²) in [5, 5.41) is 11.7. The van der Waals surface area contributed by atoms with E-state index in [4.69, 9.17) is 18.9 Å². The molecule has 0 spiro atoms. The maximum Gasteiger partial charge on any atom is 0.306 e. The lowest BCUT2D eigenvalue weighted by atomic mass is 10.0. The molecule has 0 aromatic rings. The van der Waals surface area contributed by atoms with Crippen molar-refractivity contribution >= 4 is 17.9 Å². The van der Waals surface area contributed by atoms with Crippen molar-refractivity contribution in [3.63, 3.8) is 0 Å². The molecule has 2 unspecified atom stereocenters. The van der Waals surface area contributed by atoms with Crippen LogP contribution in [0.5, 0.6) is 0 Å². The van der Waals surface area contributed by atoms with Crippen LogP contribution in [0.4, 0.5) is 0 Å². The summed E-state index contributed by atoms with van der Waals surface area (Å²) in [7, 11) is 5.90. The van der Waals surface area contributed by atoms with Crippen LogP contribution in [0.2, 0.25) is 0 Å². The van der Waals surface area contributed by atoms with Crippen molar-refractivity contribution in [1.29, 1.82) is 0 Å². The van der Waals surface area contributed by atoms with Gasteiger partial charge in [0.15, 0.2) is 12.4 Å². The molecule has 0 aromatic carbocycles. The molecule has 0 saturated heterocycles. The van der Waals surface area contributed by atoms with Gasteiger partial charge in [-0.2, -0.15) is 0 Å². The number of allylic oxidation sites excluding steroid dienone is 10. The lowest BCUT2D eigenvalue weighted by Gasteiger charge is -2.26. The van der Waals surface area contributed by atoms with Crippen molar-refractivity contribution in [2.75, 3.05) is 47.5 Å². The summed E-state index contributed by atoms with van der Waals surface area (Å²) in [4.78, 5) is 36.9. The molecule has 63 heavy (non-hydrogen) atoms. The molecule has 2 atom stereocenters. The summed E-state index contributed by atoms with van der Waals surface area (Å²) in [5.41, 5.74) is 0. The van der Waals surface area contributed by atoms with Gasteiger partial charge in [0.1, 0.15) is 13.2 Å². The molecular formula is C54H95NO8. The molecule has 0 fully saturated rings. The molecule has 0 aromatic heterocycles. The highest BCUT2D eigenvalue weighted by atomic mass is 16.7. The van der Waals surface area contributed by atoms with Gasteiger partial charge in [-0.25, -0.2) is 0 Å². The van der Waals surface area contributed by atoms with Crippen molar-refractivity contribution < 1.29 is 42.9 Å². The number of aliphatic carboxylic acids is 1. The minimum Gasteiger partial charge on any atom is -0.545 e. The molecule has 0 saturated carbocycles. The van der Waals surface area contributed by atoms with E-state index in [1.165, 1.54) is 109 Å². The molecule has 0 aliphatic rings. The number of quaternary nitrogens is 1. The second-order valence-corrected chi connectivity index (χ2v) is 18.1. The average molecular weight is 886 g/mol. The van der Waals surface area contributed by atoms with E-state index in [1.807, 2.05) is 21.1 Å². The Kier molecular flexibility index (Phi) is 43.4. The van der Waals surface area contributed by atoms with Crippen LogP contribution in [0.3, 0.4) is 0 Å². The van der Waals surface area contributed by atoms with Crippen LogP contribution in [0.25, 0.3) is 0 Å². The number of ether oxygens (including phenoxy) is 4. The average Bonchev–Trinajstić information content (AvgIpc) is 3.24. The number of esters is 2. The van der Waals surface area contributed by atoms with Gasteiger partial charge in [0.2, 0.25) is 0 Å². The molecule has 9 heteroatoms. The molecular weight excluding hydrogens is 791 g/mol. The normalized spacial score (nSPS) is 13.3. The second kappa shape index (κ2) is 45.6. The molecule has 0 N–H and O–H groups in total. The monoisotopic (exact) mass is 886 g/mol. The van der Waals surface area contributed by atoms with Gasteiger partial charge in [0, 0.05) is 12.8 Å². The summed E-state index contributed by atoms with van der Waals surface area (Å²) < 4.78 is 22.5. The van der Waals surface area contributed by atoms with Gasteiger partial charge in [-0.1, -0.05) is 197 Å². The van der Waals surface area contributed by atoms with Crippen LogP contribution in [-0.2, 0) is 33.3 Å². The van der Waals surface area contributed by atoms with Crippen LogP contribution < -0.4 is 5.11 Å². The molecule has 364 valence electrons. The SMILES string of the molecule is CC/C=C\C/C=C\C/C=C\C/C=C\C/C=C\CCCCCCCCCCCCCCCCCC(=O)OC(COC(=O)CCCCCCCCC)COC(OCC[N+](C)(C)C)C(=O)[O-]. The minimum absolute atomic E-state index is 0.148. The number of nitrogens with zero attached hydrogens (tertiary/aromatic N) is 1. The molecule has 0 aliphatic heterocycles. The molecule has 9 nitrogen and oxygen atoms in total. The van der Waals surface area contributed by atoms with Crippen LogP contribution in [0.1, 0.15) is 206 Å². The Balaban J connectivity index is 4.05. The third kappa shape index (κ3) is 46.8. The Bertz CT molecular complexity index is 1220. The third-order valence-electron chi connectivity index (χ3n) is 10.8. The van der Waals surface area contributed by atoms with Crippen LogP contribution in [0.15, 0.2) is 60.8 Å². The fourth-order valence-electron chi connectivity index (χ4n) is 6.86. The molecule has 0 heterocycles. The maximum atomic E-state index is 12.8. The number of carbonyl (C=O) groups excluding carboxylic acids is 3. The number of unbranched alkanes of at least 4 members (excludes halogenated alkanes) is 21. The van der Waals surface area contributed by atoms with E-state index in [0.717, 1.165) is 64.2 Å². The second-order valence-electron chi connectivity index (χ2n) is 18.1. The van der Waals surface area contributed by atoms with Crippen molar-refractivity contribution in [1.82, 2.24) is 0 Å². The van der Waals surface area contributed by atoms with E-state index in [9.17, 15) is 19.5 Å². The van der Waals surface area contributed by atoms with Gasteiger partial charge in [-0.3, -0.25) is 9.59 Å². The fraction of sp³-hybridized carbons (Fsp3) is 0.759. The van der Waals surface area contributed by atoms with Crippen molar-refractivity contribution in [2.24, 2.45) is 0 Å². The number of hydrogen-bond donors (Lipinski definition) is 0. The van der Waals surface area contributed by atoms with Crippen LogP contribution in [0, 0.1) is 0 Å². The smallest absolute Gasteiger partial charge is 0.306 e. The van der Waals surface area contributed by atoms with Gasteiger partial charge < -0.3 is 33.3 Å². The highest BCUT2D eigenvalue weighted by Crippen LogP contribution is 2.15. The lowest BCUT2D eigenvalue weighted by Crippen LogP contribution is -2.44. The largest absolute Gasteiger partial charge is 0.545 e. The standard InChI is InChI=1S/C54H95NO8/c1-6-8-10-12-14-15-16-17-18-19-20-21-22-23-24-25-26-27-28-29-30-31-32-33-34-35-36-37-39-41-43-45-52(57)63-50(48-61-51(56)44-42-40-38-13-11-9-7-2)49-62-54(53(58)59)60-47-46-55(3,4)5/h8,10,14-15,17-18,20-21,23-24,50,54H,6-7,9,11-13,16,19,22,25-49H2,1-5H3/b10-8-,15-14-,18-17-,21-20-,24-23-. The molecule has 0 radical (unpaired) electrons. The van der Waals surface area contributed by atoms with E-state index in [0.29, 0.717) is 23.9 Å². The molecule has 0 amide bonds. The van der Waals surface area contributed by atoms with E-state index in [1.54, 1.807) is 0 Å². The van der Waals surface area contributed by atoms with Crippen molar-refractivity contribution in [2.45, 2.75) is 219 Å². The Hall–Kier alpha value is -3.01. The summed E-state index contributed by atoms with van der Waals surface area (Å²) in [6, 6.07) is 0. The Labute approximate surface area is 386 Å². The number of carboxylic acids is 1. The highest BCUT2D eigenvalue weighted by Gasteiger charge is 2.21. The van der Waals surface area contributed by atoms with E-state index in [-0.39, 0.29) is 32.2 Å². The molecule has 0 rings (SSSR count). The highest BCUT2D eigenvalue weighted by molar-refractivity contribution is 5.70. The Morgan fingerprint density at radius 2 is 0.905 bits per heavy atom. The summed E-state index contributed by atoms with van der Waals surface area (Å²) >= 11 is 0. The first-order valence-corrected chi connectivity index (χ1v) is 25.4. The van der Waals surface area contributed by atoms with Gasteiger partial charge >= 0.3 is 11.9 Å². The predicted molar refractivity (Wildman–Crippen MR) is 260 cm³/mol. The number of carbonyl (C=O) groups is 3. The minimum atomic E-state index is -1.62. The zero-order valence-electron chi connectivity index (χ0n) is 41.2. The first kappa shape index (κ1) is 60.0. The van der Waals surface area contributed by atoms with E-state index in [2.05, 4.69) is 74.6 Å². The quantitative estimate of drug-likeness (QED) is 0.0195. The number of carboxylic acid groups (broad SMARTS) is 1. The zero-order valence-corrected chi connectivity index (χ0v) is 41.2. The fourth-order valence-corrected chi connectivity index (χ4v) is 6.86. The summed E-state index contributed by atoms with van der Waals surface area (Å²) in [5.74, 6) is -2.29. The topological polar surface area (TPSA) is 111 Å². The van der Waals surface area contributed by atoms with Crippen molar-refractivity contribution in [3.05, 3.63) is 60.8 Å². The Morgan fingerprint density at radius 1 is 0.492 bits per heavy atom. The first-order chi connectivity index (χ1) is 30.6. The predicted octanol–water partition coefficient (Wildman–Crippen LogP) is 12.8. The molecule has 0 aliphatic carbocycles. The Morgan fingerprint density at radius 3 is 1.35 bits per heavy atom. The van der Waals surface area contributed by atoms with E-state index < -0.39 is 24.3 Å². The van der Waals surface area contributed by atoms with Crippen molar-refractivity contribution in [3.8, 4) is 0 Å². The van der Waals surface area contributed by atoms with Crippen LogP contribution in [-0.4, -0.2) is 82.3 Å². The third-order valence-corrected chi connectivity index (χ3v) is 10.8. The number of hydrogen-bond acceptors (Lipinski definition) is 8. The van der Waals surface area contributed by atoms with Gasteiger partial charge in [0.05, 0.1) is 40.3 Å². The maximum absolute atomic E-state index is 12.8. The van der Waals surface area contributed by atoms with Gasteiger partial charge in [-0.05, 0) is 57.8 Å². The van der Waals surface area contributed by atoms with E-state index >= 15 is 0 Å². The van der Waals surface area contributed by atoms with Gasteiger partial charge in [0.25, 0.3) is 0 Å². The number of rotatable bonds is 46. The molecule has 0 bridgehead atoms.